The minimum Gasteiger partial charge on any atom is -0.343 e. The molecule has 0 bridgehead atoms. The molecular weight excluding hydrogens is 300 g/mol. The Morgan fingerprint density at radius 2 is 1.82 bits per heavy atom. The third-order valence-corrected chi connectivity index (χ3v) is 4.57. The number of benzene rings is 1. The van der Waals surface area contributed by atoms with E-state index >= 15 is 0 Å². The van der Waals surface area contributed by atoms with Gasteiger partial charge in [-0.25, -0.2) is 0 Å². The minimum absolute atomic E-state index is 0.140. The highest BCUT2D eigenvalue weighted by Gasteiger charge is 2.23. The number of halogens is 1. The number of Topliss-reactive ketones (excluding diaryl/α,β-unsaturated/α-hetero) is 1. The summed E-state index contributed by atoms with van der Waals surface area (Å²) >= 11 is 5.90. The van der Waals surface area contributed by atoms with E-state index in [4.69, 9.17) is 11.6 Å². The second-order valence-electron chi connectivity index (χ2n) is 5.90. The van der Waals surface area contributed by atoms with Gasteiger partial charge in [0.05, 0.1) is 5.92 Å². The molecule has 0 aliphatic carbocycles. The van der Waals surface area contributed by atoms with Crippen molar-refractivity contribution >= 4 is 23.3 Å². The first-order valence-electron chi connectivity index (χ1n) is 7.72. The predicted octanol–water partition coefficient (Wildman–Crippen LogP) is 2.61. The third-order valence-electron chi connectivity index (χ3n) is 4.31. The molecule has 0 radical (unpaired) electrons. The highest BCUT2D eigenvalue weighted by molar-refractivity contribution is 6.30. The highest BCUT2D eigenvalue weighted by Crippen LogP contribution is 2.20. The largest absolute Gasteiger partial charge is 0.343 e. The molecule has 1 aromatic carbocycles. The van der Waals surface area contributed by atoms with Crippen LogP contribution in [0.1, 0.15) is 38.2 Å². The number of carbonyl (C=O) groups excluding carboxylic acids is 2. The van der Waals surface area contributed by atoms with Gasteiger partial charge in [-0.2, -0.15) is 0 Å². The van der Waals surface area contributed by atoms with Crippen LogP contribution in [-0.2, 0) is 9.59 Å². The van der Waals surface area contributed by atoms with Gasteiger partial charge in [-0.3, -0.25) is 9.59 Å². The van der Waals surface area contributed by atoms with Gasteiger partial charge in [0.1, 0.15) is 5.78 Å². The quantitative estimate of drug-likeness (QED) is 0.906. The maximum atomic E-state index is 11.9. The van der Waals surface area contributed by atoms with E-state index in [2.05, 4.69) is 5.32 Å². The molecule has 0 spiro atoms. The van der Waals surface area contributed by atoms with Crippen molar-refractivity contribution in [2.75, 3.05) is 19.6 Å². The van der Waals surface area contributed by atoms with Gasteiger partial charge in [-0.05, 0) is 37.5 Å². The molecule has 5 heteroatoms. The van der Waals surface area contributed by atoms with Crippen molar-refractivity contribution in [2.45, 2.75) is 38.6 Å². The van der Waals surface area contributed by atoms with Gasteiger partial charge in [0, 0.05) is 37.6 Å². The van der Waals surface area contributed by atoms with Crippen molar-refractivity contribution in [3.8, 4) is 0 Å². The molecule has 1 aromatic rings. The molecule has 0 aromatic heterocycles. The summed E-state index contributed by atoms with van der Waals surface area (Å²) in [7, 11) is 0. The van der Waals surface area contributed by atoms with Crippen LogP contribution in [0.15, 0.2) is 24.3 Å². The lowest BCUT2D eigenvalue weighted by Gasteiger charge is -2.32. The zero-order chi connectivity index (χ0) is 16.1. The zero-order valence-corrected chi connectivity index (χ0v) is 13.9. The average molecular weight is 323 g/mol. The van der Waals surface area contributed by atoms with E-state index in [-0.39, 0.29) is 17.6 Å². The molecule has 1 atom stereocenters. The van der Waals surface area contributed by atoms with Crippen LogP contribution < -0.4 is 5.32 Å². The summed E-state index contributed by atoms with van der Waals surface area (Å²) in [6.07, 6.45) is 1.87. The van der Waals surface area contributed by atoms with Crippen molar-refractivity contribution in [2.24, 2.45) is 0 Å². The SMILES string of the molecule is CC(=O)[C@H](CNC1CCN(C(C)=O)CC1)c1ccc(Cl)cc1. The summed E-state index contributed by atoms with van der Waals surface area (Å²) in [5.74, 6) is 0.139. The van der Waals surface area contributed by atoms with Crippen LogP contribution in [0, 0.1) is 0 Å². The Bertz CT molecular complexity index is 522. The molecule has 2 rings (SSSR count). The van der Waals surface area contributed by atoms with Gasteiger partial charge in [0.2, 0.25) is 5.91 Å². The van der Waals surface area contributed by atoms with Crippen LogP contribution in [0.5, 0.6) is 0 Å². The number of nitrogens with zero attached hydrogens (tertiary/aromatic N) is 1. The van der Waals surface area contributed by atoms with Crippen molar-refractivity contribution in [1.82, 2.24) is 10.2 Å². The van der Waals surface area contributed by atoms with Crippen LogP contribution in [0.4, 0.5) is 0 Å². The van der Waals surface area contributed by atoms with Crippen LogP contribution >= 0.6 is 11.6 Å². The monoisotopic (exact) mass is 322 g/mol. The first-order valence-corrected chi connectivity index (χ1v) is 8.10. The lowest BCUT2D eigenvalue weighted by molar-refractivity contribution is -0.129. The normalized spacial score (nSPS) is 17.3. The Morgan fingerprint density at radius 3 is 2.32 bits per heavy atom. The molecule has 1 amide bonds. The Kier molecular flexibility index (Phi) is 5.98. The fourth-order valence-electron chi connectivity index (χ4n) is 2.87. The standard InChI is InChI=1S/C17H23ClN2O2/c1-12(21)17(14-3-5-15(18)6-4-14)11-19-16-7-9-20(10-8-16)13(2)22/h3-6,16-17,19H,7-11H2,1-2H3/t17-/m0/s1. The Hall–Kier alpha value is -1.39. The second kappa shape index (κ2) is 7.75. The predicted molar refractivity (Wildman–Crippen MR) is 88.2 cm³/mol. The van der Waals surface area contributed by atoms with E-state index in [1.807, 2.05) is 29.2 Å². The van der Waals surface area contributed by atoms with Crippen molar-refractivity contribution < 1.29 is 9.59 Å². The summed E-state index contributed by atoms with van der Waals surface area (Å²) in [4.78, 5) is 25.1. The van der Waals surface area contributed by atoms with Crippen molar-refractivity contribution in [3.05, 3.63) is 34.9 Å². The molecule has 1 heterocycles. The number of hydrogen-bond acceptors (Lipinski definition) is 3. The number of ketones is 1. The summed E-state index contributed by atoms with van der Waals surface area (Å²) < 4.78 is 0. The molecular formula is C17H23ClN2O2. The van der Waals surface area contributed by atoms with Gasteiger partial charge in [0.25, 0.3) is 0 Å². The third kappa shape index (κ3) is 4.55. The van der Waals surface area contributed by atoms with E-state index in [9.17, 15) is 9.59 Å². The number of piperidine rings is 1. The van der Waals surface area contributed by atoms with E-state index < -0.39 is 0 Å². The van der Waals surface area contributed by atoms with Gasteiger partial charge < -0.3 is 10.2 Å². The Balaban J connectivity index is 1.89. The smallest absolute Gasteiger partial charge is 0.219 e. The van der Waals surface area contributed by atoms with Crippen LogP contribution in [-0.4, -0.2) is 42.3 Å². The molecule has 0 saturated carbocycles. The maximum Gasteiger partial charge on any atom is 0.219 e. The lowest BCUT2D eigenvalue weighted by atomic mass is 9.94. The summed E-state index contributed by atoms with van der Waals surface area (Å²) in [5.41, 5.74) is 0.991. The average Bonchev–Trinajstić information content (AvgIpc) is 2.49. The van der Waals surface area contributed by atoms with E-state index in [0.717, 1.165) is 31.5 Å². The fourth-order valence-corrected chi connectivity index (χ4v) is 3.00. The van der Waals surface area contributed by atoms with E-state index in [1.54, 1.807) is 13.8 Å². The number of likely N-dealkylation sites (tertiary alicyclic amines) is 1. The molecule has 1 aliphatic heterocycles. The maximum absolute atomic E-state index is 11.9. The Morgan fingerprint density at radius 1 is 1.23 bits per heavy atom. The van der Waals surface area contributed by atoms with Crippen LogP contribution in [0.3, 0.4) is 0 Å². The number of rotatable bonds is 5. The minimum atomic E-state index is -0.150. The first kappa shape index (κ1) is 17.0. The van der Waals surface area contributed by atoms with Crippen LogP contribution in [0.2, 0.25) is 5.02 Å². The van der Waals surface area contributed by atoms with Gasteiger partial charge in [-0.1, -0.05) is 23.7 Å². The summed E-state index contributed by atoms with van der Waals surface area (Å²) in [5, 5.41) is 4.16. The molecule has 1 fully saturated rings. The highest BCUT2D eigenvalue weighted by atomic mass is 35.5. The van der Waals surface area contributed by atoms with Gasteiger partial charge >= 0.3 is 0 Å². The summed E-state index contributed by atoms with van der Waals surface area (Å²) in [6.45, 7) is 5.44. The molecule has 1 aliphatic rings. The van der Waals surface area contributed by atoms with Gasteiger partial charge in [0.15, 0.2) is 0 Å². The van der Waals surface area contributed by atoms with E-state index in [0.29, 0.717) is 17.6 Å². The Labute approximate surface area is 136 Å². The number of nitrogens with one attached hydrogen (secondary N) is 1. The van der Waals surface area contributed by atoms with Gasteiger partial charge in [-0.15, -0.1) is 0 Å². The molecule has 22 heavy (non-hydrogen) atoms. The molecule has 0 unspecified atom stereocenters. The topological polar surface area (TPSA) is 49.4 Å². The molecule has 120 valence electrons. The number of amides is 1. The van der Waals surface area contributed by atoms with Crippen molar-refractivity contribution in [3.63, 3.8) is 0 Å². The zero-order valence-electron chi connectivity index (χ0n) is 13.1. The second-order valence-corrected chi connectivity index (χ2v) is 6.34. The lowest BCUT2D eigenvalue weighted by Crippen LogP contribution is -2.45. The van der Waals surface area contributed by atoms with Crippen LogP contribution in [0.25, 0.3) is 0 Å². The van der Waals surface area contributed by atoms with Crippen molar-refractivity contribution in [1.29, 1.82) is 0 Å². The van der Waals surface area contributed by atoms with E-state index in [1.165, 1.54) is 0 Å². The number of hydrogen-bond donors (Lipinski definition) is 1. The number of carbonyl (C=O) groups is 2. The summed E-state index contributed by atoms with van der Waals surface area (Å²) in [6, 6.07) is 7.82. The fraction of sp³-hybridized carbons (Fsp3) is 0.529. The first-order chi connectivity index (χ1) is 10.5. The molecule has 4 nitrogen and oxygen atoms in total. The molecule has 1 saturated heterocycles. The molecule has 1 N–H and O–H groups in total.